The average molecular weight is 202 g/mol. The molecule has 2 rings (SSSR count). The summed E-state index contributed by atoms with van der Waals surface area (Å²) in [6, 6.07) is 10.4. The zero-order valence-corrected chi connectivity index (χ0v) is 9.24. The lowest BCUT2D eigenvalue weighted by atomic mass is 10.1. The molecule has 1 fully saturated rings. The van der Waals surface area contributed by atoms with Crippen molar-refractivity contribution in [1.29, 1.82) is 5.41 Å². The van der Waals surface area contributed by atoms with Gasteiger partial charge in [-0.3, -0.25) is 5.41 Å². The minimum atomic E-state index is 0.494. The summed E-state index contributed by atoms with van der Waals surface area (Å²) in [6.07, 6.45) is 2.26. The molecule has 1 atom stereocenters. The van der Waals surface area contributed by atoms with Crippen molar-refractivity contribution >= 4 is 5.84 Å². The summed E-state index contributed by atoms with van der Waals surface area (Å²) in [5.74, 6) is 1.33. The largest absolute Gasteiger partial charge is 0.356 e. The molecule has 0 aromatic heterocycles. The van der Waals surface area contributed by atoms with Crippen molar-refractivity contribution < 1.29 is 0 Å². The van der Waals surface area contributed by atoms with Gasteiger partial charge in [0.2, 0.25) is 0 Å². The van der Waals surface area contributed by atoms with Gasteiger partial charge in [-0.1, -0.05) is 37.3 Å². The summed E-state index contributed by atoms with van der Waals surface area (Å²) < 4.78 is 0. The molecule has 1 aromatic carbocycles. The lowest BCUT2D eigenvalue weighted by Gasteiger charge is -2.19. The molecule has 1 aromatic rings. The van der Waals surface area contributed by atoms with Gasteiger partial charge in [0.15, 0.2) is 0 Å². The van der Waals surface area contributed by atoms with Crippen molar-refractivity contribution in [2.75, 3.05) is 6.54 Å². The van der Waals surface area contributed by atoms with Crippen LogP contribution in [0.3, 0.4) is 0 Å². The first-order valence-corrected chi connectivity index (χ1v) is 5.68. The minimum Gasteiger partial charge on any atom is -0.356 e. The van der Waals surface area contributed by atoms with Crippen LogP contribution in [-0.4, -0.2) is 17.3 Å². The first kappa shape index (κ1) is 10.2. The van der Waals surface area contributed by atoms with Crippen LogP contribution in [-0.2, 0) is 6.54 Å². The zero-order valence-electron chi connectivity index (χ0n) is 9.24. The van der Waals surface area contributed by atoms with Crippen molar-refractivity contribution in [2.45, 2.75) is 26.3 Å². The van der Waals surface area contributed by atoms with Crippen LogP contribution in [0.15, 0.2) is 30.3 Å². The third-order valence-corrected chi connectivity index (χ3v) is 3.18. The number of hydrogen-bond donors (Lipinski definition) is 1. The molecule has 0 spiro atoms. The van der Waals surface area contributed by atoms with E-state index in [-0.39, 0.29) is 0 Å². The maximum absolute atomic E-state index is 8.04. The van der Waals surface area contributed by atoms with Crippen LogP contribution in [0, 0.1) is 11.3 Å². The maximum Gasteiger partial charge on any atom is 0.0993 e. The second-order valence-corrected chi connectivity index (χ2v) is 4.19. The smallest absolute Gasteiger partial charge is 0.0993 e. The first-order valence-electron chi connectivity index (χ1n) is 5.68. The summed E-state index contributed by atoms with van der Waals surface area (Å²) in [7, 11) is 0. The molecule has 80 valence electrons. The number of amidine groups is 1. The number of likely N-dealkylation sites (tertiary alicyclic amines) is 1. The van der Waals surface area contributed by atoms with E-state index in [1.54, 1.807) is 0 Å². The van der Waals surface area contributed by atoms with Gasteiger partial charge < -0.3 is 4.90 Å². The van der Waals surface area contributed by atoms with E-state index in [0.29, 0.717) is 5.92 Å². The Morgan fingerprint density at radius 2 is 2.07 bits per heavy atom. The van der Waals surface area contributed by atoms with E-state index in [1.807, 2.05) is 6.07 Å². The zero-order chi connectivity index (χ0) is 10.7. The van der Waals surface area contributed by atoms with Gasteiger partial charge in [-0.15, -0.1) is 0 Å². The molecule has 0 aliphatic carbocycles. The highest BCUT2D eigenvalue weighted by Crippen LogP contribution is 2.22. The van der Waals surface area contributed by atoms with Crippen LogP contribution >= 0.6 is 0 Å². The number of rotatable bonds is 3. The fourth-order valence-corrected chi connectivity index (χ4v) is 2.19. The normalized spacial score (nSPS) is 21.0. The Morgan fingerprint density at radius 3 is 2.67 bits per heavy atom. The van der Waals surface area contributed by atoms with Gasteiger partial charge in [0.05, 0.1) is 5.84 Å². The summed E-state index contributed by atoms with van der Waals surface area (Å²) in [5.41, 5.74) is 1.30. The van der Waals surface area contributed by atoms with Gasteiger partial charge in [0.1, 0.15) is 0 Å². The Bertz CT molecular complexity index is 332. The van der Waals surface area contributed by atoms with Crippen LogP contribution < -0.4 is 0 Å². The van der Waals surface area contributed by atoms with Crippen LogP contribution in [0.5, 0.6) is 0 Å². The molecule has 1 unspecified atom stereocenters. The Kier molecular flexibility index (Phi) is 3.05. The predicted molar refractivity (Wildman–Crippen MR) is 63.0 cm³/mol. The second-order valence-electron chi connectivity index (χ2n) is 4.19. The SMILES string of the molecule is CCC1CCN(Cc2ccccc2)C1=N. The Morgan fingerprint density at radius 1 is 1.33 bits per heavy atom. The van der Waals surface area contributed by atoms with Gasteiger partial charge in [-0.25, -0.2) is 0 Å². The highest BCUT2D eigenvalue weighted by molar-refractivity contribution is 5.83. The molecule has 1 aliphatic heterocycles. The number of benzene rings is 1. The third-order valence-electron chi connectivity index (χ3n) is 3.18. The maximum atomic E-state index is 8.04. The first-order chi connectivity index (χ1) is 7.31. The summed E-state index contributed by atoms with van der Waals surface area (Å²) in [4.78, 5) is 2.20. The topological polar surface area (TPSA) is 27.1 Å². The van der Waals surface area contributed by atoms with Crippen molar-refractivity contribution in [3.8, 4) is 0 Å². The monoisotopic (exact) mass is 202 g/mol. The van der Waals surface area contributed by atoms with Crippen molar-refractivity contribution in [3.05, 3.63) is 35.9 Å². The molecule has 2 heteroatoms. The molecule has 1 saturated heterocycles. The fourth-order valence-electron chi connectivity index (χ4n) is 2.19. The fraction of sp³-hybridized carbons (Fsp3) is 0.462. The molecule has 15 heavy (non-hydrogen) atoms. The van der Waals surface area contributed by atoms with Crippen LogP contribution in [0.1, 0.15) is 25.3 Å². The average Bonchev–Trinajstić information content (AvgIpc) is 2.62. The van der Waals surface area contributed by atoms with Crippen molar-refractivity contribution in [2.24, 2.45) is 5.92 Å². The molecule has 1 aliphatic rings. The molecule has 0 radical (unpaired) electrons. The van der Waals surface area contributed by atoms with Crippen molar-refractivity contribution in [1.82, 2.24) is 4.90 Å². The molecular formula is C13H18N2. The van der Waals surface area contributed by atoms with E-state index in [2.05, 4.69) is 36.1 Å². The van der Waals surface area contributed by atoms with Crippen LogP contribution in [0.4, 0.5) is 0 Å². The van der Waals surface area contributed by atoms with E-state index in [4.69, 9.17) is 5.41 Å². The van der Waals surface area contributed by atoms with Crippen LogP contribution in [0.25, 0.3) is 0 Å². The van der Waals surface area contributed by atoms with Crippen molar-refractivity contribution in [3.63, 3.8) is 0 Å². The predicted octanol–water partition coefficient (Wildman–Crippen LogP) is 2.90. The Labute approximate surface area is 91.4 Å². The van der Waals surface area contributed by atoms with E-state index in [1.165, 1.54) is 5.56 Å². The van der Waals surface area contributed by atoms with Gasteiger partial charge >= 0.3 is 0 Å². The number of hydrogen-bond acceptors (Lipinski definition) is 1. The Hall–Kier alpha value is -1.31. The van der Waals surface area contributed by atoms with Crippen LogP contribution in [0.2, 0.25) is 0 Å². The number of nitrogens with zero attached hydrogens (tertiary/aromatic N) is 1. The second kappa shape index (κ2) is 4.47. The Balaban J connectivity index is 2.00. The molecule has 0 bridgehead atoms. The molecule has 1 heterocycles. The van der Waals surface area contributed by atoms with Gasteiger partial charge in [0, 0.05) is 19.0 Å². The molecule has 1 N–H and O–H groups in total. The van der Waals surface area contributed by atoms with E-state index in [9.17, 15) is 0 Å². The van der Waals surface area contributed by atoms with Gasteiger partial charge in [-0.05, 0) is 18.4 Å². The molecule has 0 saturated carbocycles. The highest BCUT2D eigenvalue weighted by Gasteiger charge is 2.26. The standard InChI is InChI=1S/C13H18N2/c1-2-12-8-9-15(13(12)14)10-11-6-4-3-5-7-11/h3-7,12,14H,2,8-10H2,1H3. The quantitative estimate of drug-likeness (QED) is 0.801. The summed E-state index contributed by atoms with van der Waals surface area (Å²) >= 11 is 0. The molecule has 0 amide bonds. The van der Waals surface area contributed by atoms with E-state index >= 15 is 0 Å². The lowest BCUT2D eigenvalue weighted by molar-refractivity contribution is 0.445. The lowest BCUT2D eigenvalue weighted by Crippen LogP contribution is -2.26. The number of nitrogens with one attached hydrogen (secondary N) is 1. The summed E-state index contributed by atoms with van der Waals surface area (Å²) in [5, 5.41) is 8.04. The highest BCUT2D eigenvalue weighted by atomic mass is 15.2. The van der Waals surface area contributed by atoms with Gasteiger partial charge in [0.25, 0.3) is 0 Å². The third kappa shape index (κ3) is 2.20. The molecule has 2 nitrogen and oxygen atoms in total. The summed E-state index contributed by atoms with van der Waals surface area (Å²) in [6.45, 7) is 4.12. The van der Waals surface area contributed by atoms with Gasteiger partial charge in [-0.2, -0.15) is 0 Å². The molecular weight excluding hydrogens is 184 g/mol. The van der Waals surface area contributed by atoms with E-state index < -0.39 is 0 Å². The van der Waals surface area contributed by atoms with E-state index in [0.717, 1.165) is 31.8 Å². The minimum absolute atomic E-state index is 0.494.